The molecule has 0 aliphatic carbocycles. The summed E-state index contributed by atoms with van der Waals surface area (Å²) in [6.07, 6.45) is 0.108. The van der Waals surface area contributed by atoms with Gasteiger partial charge >= 0.3 is 0 Å². The Balaban J connectivity index is 2.27. The van der Waals surface area contributed by atoms with Crippen LogP contribution in [0.1, 0.15) is 16.8 Å². The lowest BCUT2D eigenvalue weighted by Gasteiger charge is -2.27. The summed E-state index contributed by atoms with van der Waals surface area (Å²) in [6, 6.07) is 4.97. The number of β-amino-alcohol motifs (C(OH)–C–C–N with tert-alkyl or cyclic N) is 1. The van der Waals surface area contributed by atoms with E-state index in [-0.39, 0.29) is 11.9 Å². The molecule has 0 radical (unpaired) electrons. The zero-order valence-corrected chi connectivity index (χ0v) is 13.3. The molecule has 2 rings (SSSR count). The van der Waals surface area contributed by atoms with E-state index in [0.717, 1.165) is 0 Å². The van der Waals surface area contributed by atoms with Gasteiger partial charge in [-0.25, -0.2) is 0 Å². The third-order valence-corrected chi connectivity index (χ3v) is 3.86. The molecule has 21 heavy (non-hydrogen) atoms. The van der Waals surface area contributed by atoms with Crippen molar-refractivity contribution in [3.05, 3.63) is 28.8 Å². The fourth-order valence-electron chi connectivity index (χ4n) is 2.74. The lowest BCUT2D eigenvalue weighted by Crippen LogP contribution is -2.41. The Kier molecular flexibility index (Phi) is 5.08. The maximum absolute atomic E-state index is 12.8. The van der Waals surface area contributed by atoms with Crippen LogP contribution in [-0.2, 0) is 0 Å². The number of aliphatic hydroxyl groups is 1. The van der Waals surface area contributed by atoms with Crippen LogP contribution in [-0.4, -0.2) is 67.3 Å². The van der Waals surface area contributed by atoms with Crippen LogP contribution in [0.2, 0.25) is 5.02 Å². The van der Waals surface area contributed by atoms with Gasteiger partial charge in [-0.3, -0.25) is 4.79 Å². The fourth-order valence-corrected chi connectivity index (χ4v) is 2.91. The number of carbonyl (C=O) groups excluding carboxylic acids is 1. The number of ether oxygens (including phenoxy) is 1. The largest absolute Gasteiger partial charge is 0.496 e. The molecular formula is C15H21ClN2O3. The molecule has 0 aromatic heterocycles. The molecule has 0 saturated carbocycles. The monoisotopic (exact) mass is 312 g/mol. The summed E-state index contributed by atoms with van der Waals surface area (Å²) in [6.45, 7) is 1.05. The number of likely N-dealkylation sites (N-methyl/N-ethyl adjacent to an activating group) is 1. The van der Waals surface area contributed by atoms with Crippen LogP contribution in [0, 0.1) is 0 Å². The topological polar surface area (TPSA) is 53.0 Å². The second-order valence-corrected chi connectivity index (χ2v) is 6.04. The molecule has 1 aliphatic heterocycles. The highest BCUT2D eigenvalue weighted by atomic mass is 35.5. The summed E-state index contributed by atoms with van der Waals surface area (Å²) in [5.41, 5.74) is 0.433. The Bertz CT molecular complexity index is 522. The van der Waals surface area contributed by atoms with E-state index in [9.17, 15) is 9.90 Å². The van der Waals surface area contributed by atoms with Gasteiger partial charge < -0.3 is 19.6 Å². The molecule has 6 heteroatoms. The number of likely N-dealkylation sites (tertiary alicyclic amines) is 1. The number of rotatable bonds is 4. The van der Waals surface area contributed by atoms with E-state index in [1.165, 1.54) is 7.11 Å². The normalized spacial score (nSPS) is 21.9. The SMILES string of the molecule is COc1ccc(Cl)cc1C(=O)N1CC(O)CC1CN(C)C. The number of halogens is 1. The zero-order valence-electron chi connectivity index (χ0n) is 12.5. The van der Waals surface area contributed by atoms with E-state index in [1.807, 2.05) is 19.0 Å². The summed E-state index contributed by atoms with van der Waals surface area (Å²) in [5, 5.41) is 10.4. The van der Waals surface area contributed by atoms with Gasteiger partial charge in [-0.1, -0.05) is 11.6 Å². The standard InChI is InChI=1S/C15H21ClN2O3/c1-17(2)8-11-7-12(19)9-18(11)15(20)13-6-10(16)4-5-14(13)21-3/h4-6,11-12,19H,7-9H2,1-3H3. The third kappa shape index (κ3) is 3.67. The molecule has 1 aromatic rings. The van der Waals surface area contributed by atoms with Crippen LogP contribution in [0.15, 0.2) is 18.2 Å². The van der Waals surface area contributed by atoms with Crippen molar-refractivity contribution in [2.24, 2.45) is 0 Å². The van der Waals surface area contributed by atoms with Crippen LogP contribution < -0.4 is 4.74 Å². The van der Waals surface area contributed by atoms with Crippen molar-refractivity contribution >= 4 is 17.5 Å². The van der Waals surface area contributed by atoms with E-state index in [0.29, 0.717) is 35.8 Å². The summed E-state index contributed by atoms with van der Waals surface area (Å²) in [5.74, 6) is 0.340. The molecule has 1 heterocycles. The minimum Gasteiger partial charge on any atom is -0.496 e. The van der Waals surface area contributed by atoms with Crippen molar-refractivity contribution < 1.29 is 14.6 Å². The summed E-state index contributed by atoms with van der Waals surface area (Å²) < 4.78 is 5.25. The summed E-state index contributed by atoms with van der Waals surface area (Å²) in [7, 11) is 5.43. The Labute approximate surface area is 130 Å². The van der Waals surface area contributed by atoms with E-state index in [1.54, 1.807) is 23.1 Å². The van der Waals surface area contributed by atoms with E-state index in [4.69, 9.17) is 16.3 Å². The highest BCUT2D eigenvalue weighted by Crippen LogP contribution is 2.27. The number of benzene rings is 1. The predicted molar refractivity (Wildman–Crippen MR) is 82.0 cm³/mol. The van der Waals surface area contributed by atoms with E-state index < -0.39 is 6.10 Å². The van der Waals surface area contributed by atoms with E-state index >= 15 is 0 Å². The Morgan fingerprint density at radius 3 is 2.86 bits per heavy atom. The van der Waals surface area contributed by atoms with Gasteiger partial charge in [0.2, 0.25) is 0 Å². The van der Waals surface area contributed by atoms with Crippen molar-refractivity contribution in [1.82, 2.24) is 9.80 Å². The molecule has 1 fully saturated rings. The summed E-state index contributed by atoms with van der Waals surface area (Å²) >= 11 is 5.99. The quantitative estimate of drug-likeness (QED) is 0.915. The first-order chi connectivity index (χ1) is 9.92. The molecule has 5 nitrogen and oxygen atoms in total. The number of hydrogen-bond donors (Lipinski definition) is 1. The van der Waals surface area contributed by atoms with Crippen molar-refractivity contribution in [2.45, 2.75) is 18.6 Å². The molecule has 0 spiro atoms. The van der Waals surface area contributed by atoms with Gasteiger partial charge in [0.1, 0.15) is 5.75 Å². The maximum Gasteiger partial charge on any atom is 0.258 e. The molecule has 2 unspecified atom stereocenters. The smallest absolute Gasteiger partial charge is 0.258 e. The van der Waals surface area contributed by atoms with Crippen molar-refractivity contribution in [3.8, 4) is 5.75 Å². The van der Waals surface area contributed by atoms with Gasteiger partial charge in [0.25, 0.3) is 5.91 Å². The van der Waals surface area contributed by atoms with Gasteiger partial charge in [-0.15, -0.1) is 0 Å². The number of methoxy groups -OCH3 is 1. The highest BCUT2D eigenvalue weighted by molar-refractivity contribution is 6.31. The minimum absolute atomic E-state index is 0.00816. The number of amides is 1. The third-order valence-electron chi connectivity index (χ3n) is 3.62. The number of carbonyl (C=O) groups is 1. The number of nitrogens with zero attached hydrogens (tertiary/aromatic N) is 2. The van der Waals surface area contributed by atoms with E-state index in [2.05, 4.69) is 0 Å². The van der Waals surface area contributed by atoms with Crippen LogP contribution in [0.4, 0.5) is 0 Å². The fraction of sp³-hybridized carbons (Fsp3) is 0.533. The molecule has 0 bridgehead atoms. The zero-order chi connectivity index (χ0) is 15.6. The molecule has 2 atom stereocenters. The molecular weight excluding hydrogens is 292 g/mol. The number of hydrogen-bond acceptors (Lipinski definition) is 4. The van der Waals surface area contributed by atoms with Crippen LogP contribution in [0.5, 0.6) is 5.75 Å². The van der Waals surface area contributed by atoms with Gasteiger partial charge in [-0.05, 0) is 38.7 Å². The number of aliphatic hydroxyl groups excluding tert-OH is 1. The first-order valence-corrected chi connectivity index (χ1v) is 7.27. The predicted octanol–water partition coefficient (Wildman–Crippen LogP) is 1.49. The van der Waals surface area contributed by atoms with Crippen LogP contribution in [0.25, 0.3) is 0 Å². The molecule has 1 amide bonds. The Hall–Kier alpha value is -1.30. The second-order valence-electron chi connectivity index (χ2n) is 5.61. The highest BCUT2D eigenvalue weighted by Gasteiger charge is 2.35. The second kappa shape index (κ2) is 6.64. The van der Waals surface area contributed by atoms with Crippen LogP contribution in [0.3, 0.4) is 0 Å². The molecule has 1 N–H and O–H groups in total. The minimum atomic E-state index is -0.482. The maximum atomic E-state index is 12.8. The first-order valence-electron chi connectivity index (χ1n) is 6.89. The lowest BCUT2D eigenvalue weighted by atomic mass is 10.1. The Morgan fingerprint density at radius 2 is 2.24 bits per heavy atom. The molecule has 116 valence electrons. The van der Waals surface area contributed by atoms with Gasteiger partial charge in [0.15, 0.2) is 0 Å². The van der Waals surface area contributed by atoms with Gasteiger partial charge in [0, 0.05) is 24.2 Å². The van der Waals surface area contributed by atoms with Crippen molar-refractivity contribution in [2.75, 3.05) is 34.3 Å². The first kappa shape index (κ1) is 16.1. The average molecular weight is 313 g/mol. The van der Waals surface area contributed by atoms with Crippen molar-refractivity contribution in [3.63, 3.8) is 0 Å². The molecule has 1 aliphatic rings. The lowest BCUT2D eigenvalue weighted by molar-refractivity contribution is 0.0696. The molecule has 1 aromatic carbocycles. The van der Waals surface area contributed by atoms with Crippen LogP contribution >= 0.6 is 11.6 Å². The van der Waals surface area contributed by atoms with Gasteiger partial charge in [-0.2, -0.15) is 0 Å². The van der Waals surface area contributed by atoms with Crippen molar-refractivity contribution in [1.29, 1.82) is 0 Å². The molecule has 1 saturated heterocycles. The summed E-state index contributed by atoms with van der Waals surface area (Å²) in [4.78, 5) is 16.5. The average Bonchev–Trinajstić information content (AvgIpc) is 2.77. The Morgan fingerprint density at radius 1 is 1.52 bits per heavy atom. The van der Waals surface area contributed by atoms with Gasteiger partial charge in [0.05, 0.1) is 18.8 Å².